The van der Waals surface area contributed by atoms with E-state index in [9.17, 15) is 0 Å². The quantitative estimate of drug-likeness (QED) is 0.904. The standard InChI is InChI=1S/C17H23N3/c1-4-5-14-6-8-15(9-7-14)16-10-13(3)19-17(20-16)12(2)11-18/h6-10,12H,4-5,11,18H2,1-3H3. The fourth-order valence-corrected chi connectivity index (χ4v) is 2.20. The third kappa shape index (κ3) is 3.42. The average Bonchev–Trinajstić information content (AvgIpc) is 2.47. The fourth-order valence-electron chi connectivity index (χ4n) is 2.20. The van der Waals surface area contributed by atoms with E-state index in [1.54, 1.807) is 0 Å². The van der Waals surface area contributed by atoms with E-state index in [1.165, 1.54) is 12.0 Å². The molecule has 0 bridgehead atoms. The number of nitrogens with two attached hydrogens (primary N) is 1. The highest BCUT2D eigenvalue weighted by molar-refractivity contribution is 5.59. The van der Waals surface area contributed by atoms with Gasteiger partial charge in [0.05, 0.1) is 5.69 Å². The van der Waals surface area contributed by atoms with Crippen LogP contribution in [0, 0.1) is 6.92 Å². The summed E-state index contributed by atoms with van der Waals surface area (Å²) in [7, 11) is 0. The number of aromatic nitrogens is 2. The highest BCUT2D eigenvalue weighted by Crippen LogP contribution is 2.21. The monoisotopic (exact) mass is 269 g/mol. The van der Waals surface area contributed by atoms with E-state index in [2.05, 4.69) is 48.1 Å². The number of rotatable bonds is 5. The number of aryl methyl sites for hydroxylation is 2. The molecule has 0 aliphatic rings. The molecule has 0 saturated heterocycles. The van der Waals surface area contributed by atoms with E-state index < -0.39 is 0 Å². The van der Waals surface area contributed by atoms with Gasteiger partial charge in [0.15, 0.2) is 0 Å². The molecule has 2 rings (SSSR count). The first-order chi connectivity index (χ1) is 9.63. The lowest BCUT2D eigenvalue weighted by molar-refractivity contribution is 0.708. The molecule has 0 amide bonds. The Morgan fingerprint density at radius 2 is 1.85 bits per heavy atom. The molecule has 3 heteroatoms. The number of benzene rings is 1. The molecule has 0 aliphatic heterocycles. The van der Waals surface area contributed by atoms with Gasteiger partial charge in [-0.15, -0.1) is 0 Å². The van der Waals surface area contributed by atoms with Gasteiger partial charge in [0.25, 0.3) is 0 Å². The Morgan fingerprint density at radius 3 is 2.45 bits per heavy atom. The lowest BCUT2D eigenvalue weighted by Gasteiger charge is -2.11. The predicted molar refractivity (Wildman–Crippen MR) is 83.7 cm³/mol. The van der Waals surface area contributed by atoms with Gasteiger partial charge in [0, 0.05) is 23.7 Å². The van der Waals surface area contributed by atoms with Crippen LogP contribution >= 0.6 is 0 Å². The molecule has 0 aliphatic carbocycles. The van der Waals surface area contributed by atoms with Crippen LogP contribution in [0.25, 0.3) is 11.3 Å². The molecule has 0 radical (unpaired) electrons. The van der Waals surface area contributed by atoms with Crippen LogP contribution in [0.4, 0.5) is 0 Å². The summed E-state index contributed by atoms with van der Waals surface area (Å²) in [6.07, 6.45) is 2.29. The summed E-state index contributed by atoms with van der Waals surface area (Å²) < 4.78 is 0. The molecule has 106 valence electrons. The zero-order chi connectivity index (χ0) is 14.5. The van der Waals surface area contributed by atoms with Crippen LogP contribution in [0.15, 0.2) is 30.3 Å². The molecule has 0 fully saturated rings. The molecule has 0 spiro atoms. The van der Waals surface area contributed by atoms with E-state index >= 15 is 0 Å². The first-order valence-electron chi connectivity index (χ1n) is 7.29. The Labute approximate surface area is 121 Å². The predicted octanol–water partition coefficient (Wildman–Crippen LogP) is 3.47. The second-order valence-electron chi connectivity index (χ2n) is 5.34. The lowest BCUT2D eigenvalue weighted by atomic mass is 10.0. The van der Waals surface area contributed by atoms with Gasteiger partial charge in [-0.2, -0.15) is 0 Å². The third-order valence-corrected chi connectivity index (χ3v) is 3.45. The Morgan fingerprint density at radius 1 is 1.15 bits per heavy atom. The minimum atomic E-state index is 0.188. The van der Waals surface area contributed by atoms with E-state index in [-0.39, 0.29) is 5.92 Å². The molecule has 1 unspecified atom stereocenters. The summed E-state index contributed by atoms with van der Waals surface area (Å²) in [5.41, 5.74) is 10.2. The largest absolute Gasteiger partial charge is 0.330 e. The highest BCUT2D eigenvalue weighted by atomic mass is 14.9. The average molecular weight is 269 g/mol. The zero-order valence-corrected chi connectivity index (χ0v) is 12.6. The van der Waals surface area contributed by atoms with E-state index in [1.807, 2.05) is 13.0 Å². The van der Waals surface area contributed by atoms with Crippen LogP contribution in [0.2, 0.25) is 0 Å². The SMILES string of the molecule is CCCc1ccc(-c2cc(C)nc(C(C)CN)n2)cc1. The second kappa shape index (κ2) is 6.62. The van der Waals surface area contributed by atoms with Gasteiger partial charge in [-0.3, -0.25) is 0 Å². The van der Waals surface area contributed by atoms with Crippen molar-refractivity contribution in [1.29, 1.82) is 0 Å². The van der Waals surface area contributed by atoms with Gasteiger partial charge in [0.2, 0.25) is 0 Å². The van der Waals surface area contributed by atoms with E-state index in [0.29, 0.717) is 6.54 Å². The van der Waals surface area contributed by atoms with Crippen molar-refractivity contribution in [3.05, 3.63) is 47.4 Å². The van der Waals surface area contributed by atoms with Gasteiger partial charge in [-0.05, 0) is 25.0 Å². The molecule has 2 aromatic rings. The van der Waals surface area contributed by atoms with Gasteiger partial charge in [0.1, 0.15) is 5.82 Å². The van der Waals surface area contributed by atoms with Crippen molar-refractivity contribution in [3.63, 3.8) is 0 Å². The Kier molecular flexibility index (Phi) is 4.85. The van der Waals surface area contributed by atoms with Crippen molar-refractivity contribution >= 4 is 0 Å². The van der Waals surface area contributed by atoms with Crippen molar-refractivity contribution in [1.82, 2.24) is 9.97 Å². The highest BCUT2D eigenvalue weighted by Gasteiger charge is 2.10. The number of hydrogen-bond acceptors (Lipinski definition) is 3. The zero-order valence-electron chi connectivity index (χ0n) is 12.6. The van der Waals surface area contributed by atoms with Gasteiger partial charge < -0.3 is 5.73 Å². The van der Waals surface area contributed by atoms with Gasteiger partial charge in [-0.25, -0.2) is 9.97 Å². The molecular formula is C17H23N3. The fraction of sp³-hybridized carbons (Fsp3) is 0.412. The molecule has 3 nitrogen and oxygen atoms in total. The number of hydrogen-bond donors (Lipinski definition) is 1. The Hall–Kier alpha value is -1.74. The van der Waals surface area contributed by atoms with Crippen molar-refractivity contribution < 1.29 is 0 Å². The number of nitrogens with zero attached hydrogens (tertiary/aromatic N) is 2. The first kappa shape index (κ1) is 14.7. The minimum absolute atomic E-state index is 0.188. The van der Waals surface area contributed by atoms with Crippen molar-refractivity contribution in [2.75, 3.05) is 6.54 Å². The molecular weight excluding hydrogens is 246 g/mol. The van der Waals surface area contributed by atoms with Crippen LogP contribution in [-0.4, -0.2) is 16.5 Å². The van der Waals surface area contributed by atoms with Crippen molar-refractivity contribution in [3.8, 4) is 11.3 Å². The third-order valence-electron chi connectivity index (χ3n) is 3.45. The van der Waals surface area contributed by atoms with Crippen LogP contribution in [0.5, 0.6) is 0 Å². The van der Waals surface area contributed by atoms with Crippen molar-refractivity contribution in [2.45, 2.75) is 39.5 Å². The maximum atomic E-state index is 5.72. The van der Waals surface area contributed by atoms with E-state index in [4.69, 9.17) is 5.73 Å². The molecule has 1 aromatic carbocycles. The summed E-state index contributed by atoms with van der Waals surface area (Å²) in [5, 5.41) is 0. The second-order valence-corrected chi connectivity index (χ2v) is 5.34. The maximum Gasteiger partial charge on any atom is 0.133 e. The topological polar surface area (TPSA) is 51.8 Å². The molecule has 1 heterocycles. The molecule has 1 atom stereocenters. The summed E-state index contributed by atoms with van der Waals surface area (Å²) in [4.78, 5) is 9.15. The smallest absolute Gasteiger partial charge is 0.133 e. The Balaban J connectivity index is 2.34. The summed E-state index contributed by atoms with van der Waals surface area (Å²) >= 11 is 0. The molecule has 0 saturated carbocycles. The Bertz CT molecular complexity index is 561. The maximum absolute atomic E-state index is 5.72. The van der Waals surface area contributed by atoms with Crippen LogP contribution in [0.3, 0.4) is 0 Å². The normalized spacial score (nSPS) is 12.4. The first-order valence-corrected chi connectivity index (χ1v) is 7.29. The van der Waals surface area contributed by atoms with Gasteiger partial charge >= 0.3 is 0 Å². The van der Waals surface area contributed by atoms with Crippen molar-refractivity contribution in [2.24, 2.45) is 5.73 Å². The minimum Gasteiger partial charge on any atom is -0.330 e. The van der Waals surface area contributed by atoms with Crippen LogP contribution in [-0.2, 0) is 6.42 Å². The van der Waals surface area contributed by atoms with Crippen LogP contribution < -0.4 is 5.73 Å². The summed E-state index contributed by atoms with van der Waals surface area (Å²) in [6.45, 7) is 6.83. The summed E-state index contributed by atoms with van der Waals surface area (Å²) in [6, 6.07) is 10.7. The summed E-state index contributed by atoms with van der Waals surface area (Å²) in [5.74, 6) is 1.02. The molecule has 2 N–H and O–H groups in total. The molecule has 1 aromatic heterocycles. The lowest BCUT2D eigenvalue weighted by Crippen LogP contribution is -2.13. The van der Waals surface area contributed by atoms with Gasteiger partial charge in [-0.1, -0.05) is 44.5 Å². The van der Waals surface area contributed by atoms with Crippen LogP contribution in [0.1, 0.15) is 43.3 Å². The van der Waals surface area contributed by atoms with E-state index in [0.717, 1.165) is 29.2 Å². The molecule has 20 heavy (non-hydrogen) atoms.